The molecule has 0 aliphatic rings. The molecule has 2 atom stereocenters. The van der Waals surface area contributed by atoms with E-state index in [-0.39, 0.29) is 38.6 Å². The number of likely N-dealkylation sites (N-methyl/N-ethyl adjacent to an activating group) is 1. The van der Waals surface area contributed by atoms with E-state index in [1.807, 2.05) is 21.1 Å². The summed E-state index contributed by atoms with van der Waals surface area (Å²) in [7, 11) is 5.91. The molecule has 0 aromatic rings. The molecule has 0 radical (unpaired) electrons. The molecule has 0 heterocycles. The third-order valence-electron chi connectivity index (χ3n) is 9.92. The van der Waals surface area contributed by atoms with E-state index in [4.69, 9.17) is 18.9 Å². The van der Waals surface area contributed by atoms with Gasteiger partial charge in [-0.15, -0.1) is 0 Å². The number of rotatable bonds is 42. The first-order valence-electron chi connectivity index (χ1n) is 23.0. The zero-order valence-electron chi connectivity index (χ0n) is 37.0. The minimum atomic E-state index is -1.62. The number of aliphatic carboxylic acids is 1. The van der Waals surface area contributed by atoms with Crippen LogP contribution in [0.3, 0.4) is 0 Å². The normalized spacial score (nSPS) is 13.1. The summed E-state index contributed by atoms with van der Waals surface area (Å²) < 4.78 is 22.5. The number of esters is 2. The summed E-state index contributed by atoms with van der Waals surface area (Å²) in [5, 5.41) is 11.7. The first kappa shape index (κ1) is 53.8. The molecule has 0 N–H and O–H groups in total. The van der Waals surface area contributed by atoms with Gasteiger partial charge < -0.3 is 33.3 Å². The highest BCUT2D eigenvalue weighted by Crippen LogP contribution is 2.14. The van der Waals surface area contributed by atoms with Gasteiger partial charge in [0, 0.05) is 12.8 Å². The SMILES string of the molecule is CCCCC/C=C\CCCCCCCC(=O)OCC(COC(OCC[N+](C)(C)C)C(=O)[O-])OC(=O)CCCCCCCCCCC/C=C\CCCCCCCC. The molecule has 0 aromatic heterocycles. The van der Waals surface area contributed by atoms with Crippen LogP contribution >= 0.6 is 0 Å². The molecule has 0 saturated heterocycles. The van der Waals surface area contributed by atoms with Gasteiger partial charge in [0.05, 0.1) is 40.3 Å². The van der Waals surface area contributed by atoms with Crippen molar-refractivity contribution in [3.05, 3.63) is 24.3 Å². The Kier molecular flexibility index (Phi) is 38.0. The van der Waals surface area contributed by atoms with Crippen LogP contribution in [0.1, 0.15) is 200 Å². The average molecular weight is 794 g/mol. The number of carbonyl (C=O) groups is 3. The summed E-state index contributed by atoms with van der Waals surface area (Å²) in [6.07, 6.45) is 39.2. The van der Waals surface area contributed by atoms with Gasteiger partial charge in [-0.2, -0.15) is 0 Å². The standard InChI is InChI=1S/C47H87NO8/c1-6-8-10-12-14-16-18-20-21-22-23-24-25-26-28-30-32-34-36-38-45(50)56-43(42-55-47(46(51)52)53-40-39-48(3,4)5)41-54-44(49)37-35-33-31-29-27-19-17-15-13-11-9-7-2/h15,17,20-21,43,47H,6-14,16,18-19,22-42H2,1-5H3/b17-15-,21-20-. The number of carboxylic acids is 1. The second-order valence-corrected chi connectivity index (χ2v) is 16.7. The van der Waals surface area contributed by atoms with Gasteiger partial charge in [0.25, 0.3) is 0 Å². The lowest BCUT2D eigenvalue weighted by Crippen LogP contribution is -2.44. The molecular formula is C47H87NO8. The second-order valence-electron chi connectivity index (χ2n) is 16.7. The van der Waals surface area contributed by atoms with E-state index >= 15 is 0 Å². The molecule has 9 nitrogen and oxygen atoms in total. The molecule has 0 bridgehead atoms. The van der Waals surface area contributed by atoms with Gasteiger partial charge in [-0.05, 0) is 64.2 Å². The van der Waals surface area contributed by atoms with Crippen molar-refractivity contribution in [2.24, 2.45) is 0 Å². The Balaban J connectivity index is 4.39. The Labute approximate surface area is 344 Å². The van der Waals surface area contributed by atoms with Crippen LogP contribution in [0.5, 0.6) is 0 Å². The molecule has 0 spiro atoms. The van der Waals surface area contributed by atoms with Crippen molar-refractivity contribution in [3.8, 4) is 0 Å². The van der Waals surface area contributed by atoms with E-state index in [1.54, 1.807) is 0 Å². The van der Waals surface area contributed by atoms with Crippen molar-refractivity contribution in [2.75, 3.05) is 47.5 Å². The van der Waals surface area contributed by atoms with Crippen molar-refractivity contribution in [3.63, 3.8) is 0 Å². The lowest BCUT2D eigenvalue weighted by molar-refractivity contribution is -0.870. The monoisotopic (exact) mass is 794 g/mol. The zero-order valence-corrected chi connectivity index (χ0v) is 37.0. The summed E-state index contributed by atoms with van der Waals surface area (Å²) in [5.41, 5.74) is 0. The van der Waals surface area contributed by atoms with Crippen molar-refractivity contribution >= 4 is 17.9 Å². The quantitative estimate of drug-likeness (QED) is 0.0197. The number of ether oxygens (including phenoxy) is 4. The minimum Gasteiger partial charge on any atom is -0.545 e. The number of hydrogen-bond acceptors (Lipinski definition) is 8. The van der Waals surface area contributed by atoms with E-state index in [0.717, 1.165) is 57.8 Å². The first-order valence-corrected chi connectivity index (χ1v) is 23.0. The predicted molar refractivity (Wildman–Crippen MR) is 228 cm³/mol. The number of hydrogen-bond donors (Lipinski definition) is 0. The van der Waals surface area contributed by atoms with Crippen LogP contribution in [0.15, 0.2) is 24.3 Å². The van der Waals surface area contributed by atoms with E-state index in [0.29, 0.717) is 17.4 Å². The fraction of sp³-hybridized carbons (Fsp3) is 0.851. The Morgan fingerprint density at radius 2 is 0.911 bits per heavy atom. The highest BCUT2D eigenvalue weighted by molar-refractivity contribution is 5.70. The summed E-state index contributed by atoms with van der Waals surface area (Å²) in [4.78, 5) is 36.9. The third kappa shape index (κ3) is 40.0. The van der Waals surface area contributed by atoms with Crippen molar-refractivity contribution in [1.82, 2.24) is 0 Å². The van der Waals surface area contributed by atoms with Crippen LogP contribution in [-0.4, -0.2) is 82.3 Å². The maximum absolute atomic E-state index is 12.7. The molecule has 0 saturated carbocycles. The number of carbonyl (C=O) groups excluding carboxylic acids is 3. The summed E-state index contributed by atoms with van der Waals surface area (Å²) in [5.74, 6) is -2.29. The molecule has 56 heavy (non-hydrogen) atoms. The van der Waals surface area contributed by atoms with E-state index in [9.17, 15) is 19.5 Å². The van der Waals surface area contributed by atoms with Crippen LogP contribution in [0, 0.1) is 0 Å². The van der Waals surface area contributed by atoms with Gasteiger partial charge in [0.1, 0.15) is 13.2 Å². The molecule has 0 aliphatic heterocycles. The van der Waals surface area contributed by atoms with Crippen LogP contribution in [0.2, 0.25) is 0 Å². The maximum Gasteiger partial charge on any atom is 0.306 e. The molecule has 9 heteroatoms. The summed E-state index contributed by atoms with van der Waals surface area (Å²) in [6, 6.07) is 0. The Hall–Kier alpha value is -2.23. The van der Waals surface area contributed by atoms with Gasteiger partial charge in [0.15, 0.2) is 12.4 Å². The van der Waals surface area contributed by atoms with E-state index in [1.165, 1.54) is 109 Å². The number of unbranched alkanes of at least 4 members (excludes halogenated alkanes) is 23. The second kappa shape index (κ2) is 39.6. The van der Waals surface area contributed by atoms with Crippen LogP contribution in [0.25, 0.3) is 0 Å². The van der Waals surface area contributed by atoms with Gasteiger partial charge in [-0.25, -0.2) is 0 Å². The van der Waals surface area contributed by atoms with Gasteiger partial charge in [-0.1, -0.05) is 147 Å². The number of nitrogens with zero attached hydrogens (tertiary/aromatic N) is 1. The molecule has 0 fully saturated rings. The molecule has 328 valence electrons. The molecule has 0 rings (SSSR count). The van der Waals surface area contributed by atoms with Crippen LogP contribution in [-0.2, 0) is 33.3 Å². The van der Waals surface area contributed by atoms with Crippen molar-refractivity contribution in [2.45, 2.75) is 212 Å². The highest BCUT2D eigenvalue weighted by atomic mass is 16.7. The first-order chi connectivity index (χ1) is 27.1. The Morgan fingerprint density at radius 3 is 1.36 bits per heavy atom. The lowest BCUT2D eigenvalue weighted by Gasteiger charge is -2.26. The Morgan fingerprint density at radius 1 is 0.518 bits per heavy atom. The zero-order chi connectivity index (χ0) is 41.4. The fourth-order valence-corrected chi connectivity index (χ4v) is 6.29. The van der Waals surface area contributed by atoms with Crippen LogP contribution in [0.4, 0.5) is 0 Å². The van der Waals surface area contributed by atoms with E-state index in [2.05, 4.69) is 38.2 Å². The number of allylic oxidation sites excluding steroid dienone is 4. The van der Waals surface area contributed by atoms with Crippen molar-refractivity contribution < 1.29 is 42.9 Å². The maximum atomic E-state index is 12.7. The summed E-state index contributed by atoms with van der Waals surface area (Å²) in [6.45, 7) is 4.70. The van der Waals surface area contributed by atoms with Crippen molar-refractivity contribution in [1.29, 1.82) is 0 Å². The third-order valence-corrected chi connectivity index (χ3v) is 9.92. The topological polar surface area (TPSA) is 111 Å². The average Bonchev–Trinajstić information content (AvgIpc) is 3.15. The number of quaternary nitrogens is 1. The summed E-state index contributed by atoms with van der Waals surface area (Å²) >= 11 is 0. The fourth-order valence-electron chi connectivity index (χ4n) is 6.29. The molecule has 0 aliphatic carbocycles. The minimum absolute atomic E-state index is 0.147. The smallest absolute Gasteiger partial charge is 0.306 e. The van der Waals surface area contributed by atoms with Gasteiger partial charge in [0.2, 0.25) is 0 Å². The number of carboxylic acid groups (broad SMARTS) is 1. The molecule has 2 unspecified atom stereocenters. The highest BCUT2D eigenvalue weighted by Gasteiger charge is 2.21. The van der Waals surface area contributed by atoms with Gasteiger partial charge >= 0.3 is 11.9 Å². The lowest BCUT2D eigenvalue weighted by atomic mass is 10.1. The molecule has 0 amide bonds. The Bertz CT molecular complexity index is 976. The van der Waals surface area contributed by atoms with Gasteiger partial charge in [-0.3, -0.25) is 9.59 Å². The molecule has 0 aromatic carbocycles. The predicted octanol–water partition coefficient (Wildman–Crippen LogP) is 10.7. The largest absolute Gasteiger partial charge is 0.545 e. The van der Waals surface area contributed by atoms with E-state index < -0.39 is 24.3 Å². The van der Waals surface area contributed by atoms with Crippen LogP contribution < -0.4 is 5.11 Å². The molecular weight excluding hydrogens is 707 g/mol.